The normalized spacial score (nSPS) is 12.6. The Morgan fingerprint density at radius 2 is 2.19 bits per heavy atom. The van der Waals surface area contributed by atoms with Gasteiger partial charge in [-0.1, -0.05) is 0 Å². The van der Waals surface area contributed by atoms with Gasteiger partial charge in [0.15, 0.2) is 0 Å². The van der Waals surface area contributed by atoms with Gasteiger partial charge in [0, 0.05) is 19.7 Å². The molecule has 0 aliphatic heterocycles. The van der Waals surface area contributed by atoms with E-state index in [0.29, 0.717) is 28.8 Å². The molecule has 1 aromatic rings. The number of hydrogen-bond acceptors (Lipinski definition) is 3. The van der Waals surface area contributed by atoms with E-state index in [1.54, 1.807) is 13.0 Å². The van der Waals surface area contributed by atoms with Crippen LogP contribution in [0.3, 0.4) is 0 Å². The summed E-state index contributed by atoms with van der Waals surface area (Å²) in [5.41, 5.74) is 6.95. The summed E-state index contributed by atoms with van der Waals surface area (Å²) in [6, 6.07) is 2.94. The average molecular weight is 291 g/mol. The molecule has 0 aliphatic rings. The highest BCUT2D eigenvalue weighted by atomic mass is 79.9. The zero-order valence-corrected chi connectivity index (χ0v) is 11.0. The molecule has 0 saturated heterocycles. The van der Waals surface area contributed by atoms with Crippen molar-refractivity contribution >= 4 is 27.3 Å². The molecule has 0 aliphatic carbocycles. The van der Waals surface area contributed by atoms with Gasteiger partial charge in [-0.3, -0.25) is 0 Å². The SMILES string of the molecule is CC(O)CCN(C)c1cc(F)c(Br)cc1N. The van der Waals surface area contributed by atoms with Crippen LogP contribution in [0.1, 0.15) is 13.3 Å². The van der Waals surface area contributed by atoms with E-state index in [2.05, 4.69) is 15.9 Å². The number of aliphatic hydroxyl groups excluding tert-OH is 1. The van der Waals surface area contributed by atoms with Gasteiger partial charge in [0.25, 0.3) is 0 Å². The van der Waals surface area contributed by atoms with Gasteiger partial charge in [-0.15, -0.1) is 0 Å². The number of hydrogen-bond donors (Lipinski definition) is 2. The minimum absolute atomic E-state index is 0.340. The summed E-state index contributed by atoms with van der Waals surface area (Å²) in [5, 5.41) is 9.18. The lowest BCUT2D eigenvalue weighted by Gasteiger charge is -2.22. The van der Waals surface area contributed by atoms with Crippen molar-refractivity contribution in [3.8, 4) is 0 Å². The Morgan fingerprint density at radius 3 is 2.75 bits per heavy atom. The Bertz CT molecular complexity index is 371. The summed E-state index contributed by atoms with van der Waals surface area (Å²) in [4.78, 5) is 1.83. The third-order valence-electron chi connectivity index (χ3n) is 2.36. The number of nitrogens with zero attached hydrogens (tertiary/aromatic N) is 1. The first-order valence-electron chi connectivity index (χ1n) is 5.05. The summed E-state index contributed by atoms with van der Waals surface area (Å²) in [6.45, 7) is 2.35. The lowest BCUT2D eigenvalue weighted by Crippen LogP contribution is -2.22. The Hall–Kier alpha value is -0.810. The molecule has 1 aromatic carbocycles. The summed E-state index contributed by atoms with van der Waals surface area (Å²) in [5.74, 6) is -0.340. The van der Waals surface area contributed by atoms with E-state index in [1.807, 2.05) is 11.9 Å². The van der Waals surface area contributed by atoms with Gasteiger partial charge < -0.3 is 15.7 Å². The monoisotopic (exact) mass is 290 g/mol. The molecule has 0 heterocycles. The van der Waals surface area contributed by atoms with Crippen molar-refractivity contribution in [1.29, 1.82) is 0 Å². The van der Waals surface area contributed by atoms with Crippen molar-refractivity contribution in [1.82, 2.24) is 0 Å². The topological polar surface area (TPSA) is 49.5 Å². The Balaban J connectivity index is 2.82. The zero-order chi connectivity index (χ0) is 12.3. The van der Waals surface area contributed by atoms with Crippen molar-refractivity contribution < 1.29 is 9.50 Å². The second-order valence-corrected chi connectivity index (χ2v) is 4.74. The second kappa shape index (κ2) is 5.50. The fourth-order valence-electron chi connectivity index (χ4n) is 1.38. The number of benzene rings is 1. The van der Waals surface area contributed by atoms with Crippen LogP contribution in [0, 0.1) is 5.82 Å². The maximum absolute atomic E-state index is 13.3. The van der Waals surface area contributed by atoms with E-state index in [4.69, 9.17) is 5.73 Å². The van der Waals surface area contributed by atoms with Crippen LogP contribution in [0.5, 0.6) is 0 Å². The molecule has 0 spiro atoms. The number of nitrogen functional groups attached to an aromatic ring is 1. The van der Waals surface area contributed by atoms with E-state index >= 15 is 0 Å². The smallest absolute Gasteiger partial charge is 0.139 e. The summed E-state index contributed by atoms with van der Waals surface area (Å²) in [6.07, 6.45) is 0.247. The third kappa shape index (κ3) is 3.35. The Labute approximate surface area is 103 Å². The molecule has 0 amide bonds. The standard InChI is InChI=1S/C11H16BrFN2O/c1-7(16)3-4-15(2)11-6-9(13)8(12)5-10(11)14/h5-7,16H,3-4,14H2,1-2H3. The van der Waals surface area contributed by atoms with Crippen molar-refractivity contribution in [3.05, 3.63) is 22.4 Å². The molecule has 1 atom stereocenters. The fourth-order valence-corrected chi connectivity index (χ4v) is 1.74. The van der Waals surface area contributed by atoms with Crippen LogP contribution in [0.25, 0.3) is 0 Å². The minimum atomic E-state index is -0.371. The van der Waals surface area contributed by atoms with Gasteiger partial charge in [-0.05, 0) is 35.3 Å². The molecule has 16 heavy (non-hydrogen) atoms. The van der Waals surface area contributed by atoms with Crippen molar-refractivity contribution in [2.75, 3.05) is 24.2 Å². The van der Waals surface area contributed by atoms with E-state index < -0.39 is 0 Å². The van der Waals surface area contributed by atoms with Gasteiger partial charge in [-0.25, -0.2) is 4.39 Å². The first kappa shape index (κ1) is 13.3. The molecule has 90 valence electrons. The summed E-state index contributed by atoms with van der Waals surface area (Å²) >= 11 is 3.08. The predicted octanol–water partition coefficient (Wildman–Crippen LogP) is 2.38. The van der Waals surface area contributed by atoms with Crippen LogP contribution < -0.4 is 10.6 Å². The van der Waals surface area contributed by atoms with Crippen LogP contribution >= 0.6 is 15.9 Å². The molecular formula is C11H16BrFN2O. The quantitative estimate of drug-likeness (QED) is 0.837. The highest BCUT2D eigenvalue weighted by Crippen LogP contribution is 2.28. The molecule has 0 aromatic heterocycles. The minimum Gasteiger partial charge on any atom is -0.397 e. The maximum Gasteiger partial charge on any atom is 0.139 e. The highest BCUT2D eigenvalue weighted by molar-refractivity contribution is 9.10. The lowest BCUT2D eigenvalue weighted by molar-refractivity contribution is 0.187. The van der Waals surface area contributed by atoms with E-state index in [-0.39, 0.29) is 11.9 Å². The number of nitrogens with two attached hydrogens (primary N) is 1. The zero-order valence-electron chi connectivity index (χ0n) is 9.37. The molecule has 0 fully saturated rings. The first-order valence-corrected chi connectivity index (χ1v) is 5.85. The molecule has 3 N–H and O–H groups in total. The summed E-state index contributed by atoms with van der Waals surface area (Å²) in [7, 11) is 1.82. The number of rotatable bonds is 4. The van der Waals surface area contributed by atoms with Gasteiger partial charge in [0.05, 0.1) is 22.0 Å². The fraction of sp³-hybridized carbons (Fsp3) is 0.455. The average Bonchev–Trinajstić information content (AvgIpc) is 2.20. The first-order chi connectivity index (χ1) is 7.41. The van der Waals surface area contributed by atoms with Crippen LogP contribution in [-0.4, -0.2) is 24.8 Å². The van der Waals surface area contributed by atoms with E-state index in [9.17, 15) is 9.50 Å². The van der Waals surface area contributed by atoms with Crippen LogP contribution in [0.4, 0.5) is 15.8 Å². The van der Waals surface area contributed by atoms with Gasteiger partial charge in [-0.2, -0.15) is 0 Å². The molecule has 3 nitrogen and oxygen atoms in total. The Kier molecular flexibility index (Phi) is 4.56. The second-order valence-electron chi connectivity index (χ2n) is 3.88. The van der Waals surface area contributed by atoms with Crippen molar-refractivity contribution in [2.45, 2.75) is 19.4 Å². The molecule has 1 unspecified atom stereocenters. The van der Waals surface area contributed by atoms with Gasteiger partial charge in [0.2, 0.25) is 0 Å². The van der Waals surface area contributed by atoms with Gasteiger partial charge >= 0.3 is 0 Å². The van der Waals surface area contributed by atoms with Crippen molar-refractivity contribution in [2.24, 2.45) is 0 Å². The van der Waals surface area contributed by atoms with Gasteiger partial charge in [0.1, 0.15) is 5.82 Å². The van der Waals surface area contributed by atoms with E-state index in [0.717, 1.165) is 0 Å². The molecule has 0 bridgehead atoms. The molecule has 5 heteroatoms. The predicted molar refractivity (Wildman–Crippen MR) is 68.1 cm³/mol. The highest BCUT2D eigenvalue weighted by Gasteiger charge is 2.10. The molecule has 0 saturated carbocycles. The number of anilines is 2. The molecule has 0 radical (unpaired) electrons. The molecular weight excluding hydrogens is 275 g/mol. The maximum atomic E-state index is 13.3. The van der Waals surface area contributed by atoms with Crippen LogP contribution in [0.2, 0.25) is 0 Å². The largest absolute Gasteiger partial charge is 0.397 e. The van der Waals surface area contributed by atoms with Crippen LogP contribution in [-0.2, 0) is 0 Å². The van der Waals surface area contributed by atoms with E-state index in [1.165, 1.54) is 6.07 Å². The molecule has 1 rings (SSSR count). The Morgan fingerprint density at radius 1 is 1.56 bits per heavy atom. The van der Waals surface area contributed by atoms with Crippen LogP contribution in [0.15, 0.2) is 16.6 Å². The number of aliphatic hydroxyl groups is 1. The van der Waals surface area contributed by atoms with Crippen molar-refractivity contribution in [3.63, 3.8) is 0 Å². The lowest BCUT2D eigenvalue weighted by atomic mass is 10.2. The summed E-state index contributed by atoms with van der Waals surface area (Å²) < 4.78 is 13.7. The number of halogens is 2. The third-order valence-corrected chi connectivity index (χ3v) is 2.97.